The Morgan fingerprint density at radius 3 is 2.19 bits per heavy atom. The molecule has 1 amide bonds. The molecule has 0 aliphatic rings. The summed E-state index contributed by atoms with van der Waals surface area (Å²) in [7, 11) is 3.48. The highest BCUT2D eigenvalue weighted by molar-refractivity contribution is 8.00. The smallest absolute Gasteiger partial charge is 0.240 e. The predicted molar refractivity (Wildman–Crippen MR) is 124 cm³/mol. The molecule has 0 radical (unpaired) electrons. The first kappa shape index (κ1) is 21.8. The normalized spacial score (nSPS) is 11.8. The van der Waals surface area contributed by atoms with Gasteiger partial charge in [0.15, 0.2) is 5.16 Å². The third kappa shape index (κ3) is 4.89. The zero-order chi connectivity index (χ0) is 22.5. The van der Waals surface area contributed by atoms with Crippen LogP contribution in [-0.2, 0) is 11.2 Å². The monoisotopic (exact) mass is 446 g/mol. The Morgan fingerprint density at radius 1 is 0.938 bits per heavy atom. The van der Waals surface area contributed by atoms with E-state index in [2.05, 4.69) is 10.2 Å². The van der Waals surface area contributed by atoms with Gasteiger partial charge in [-0.1, -0.05) is 72.4 Å². The van der Waals surface area contributed by atoms with Crippen molar-refractivity contribution in [3.63, 3.8) is 0 Å². The van der Waals surface area contributed by atoms with Gasteiger partial charge in [-0.3, -0.25) is 9.36 Å². The van der Waals surface area contributed by atoms with E-state index in [0.717, 1.165) is 22.6 Å². The number of thioether (sulfide) groups is 1. The molecule has 162 valence electrons. The minimum absolute atomic E-state index is 0.0422. The second kappa shape index (κ2) is 9.78. The number of aromatic nitrogens is 3. The zero-order valence-electron chi connectivity index (χ0n) is 17.9. The number of halogens is 1. The van der Waals surface area contributed by atoms with Crippen molar-refractivity contribution >= 4 is 17.7 Å². The van der Waals surface area contributed by atoms with E-state index in [0.29, 0.717) is 11.6 Å². The van der Waals surface area contributed by atoms with Gasteiger partial charge in [-0.05, 0) is 35.4 Å². The molecule has 1 unspecified atom stereocenters. The van der Waals surface area contributed by atoms with Gasteiger partial charge in [0.2, 0.25) is 5.91 Å². The maximum Gasteiger partial charge on any atom is 0.240 e. The van der Waals surface area contributed by atoms with E-state index in [-0.39, 0.29) is 11.7 Å². The van der Waals surface area contributed by atoms with Gasteiger partial charge < -0.3 is 4.90 Å². The van der Waals surface area contributed by atoms with Crippen LogP contribution in [0.2, 0.25) is 0 Å². The highest BCUT2D eigenvalue weighted by atomic mass is 32.2. The van der Waals surface area contributed by atoms with E-state index < -0.39 is 5.25 Å². The molecule has 0 aliphatic heterocycles. The summed E-state index contributed by atoms with van der Waals surface area (Å²) < 4.78 is 15.5. The van der Waals surface area contributed by atoms with E-state index in [1.807, 2.05) is 65.2 Å². The maximum absolute atomic E-state index is 13.6. The third-order valence-corrected chi connectivity index (χ3v) is 6.17. The molecule has 7 heteroatoms. The van der Waals surface area contributed by atoms with Crippen LogP contribution < -0.4 is 0 Å². The van der Waals surface area contributed by atoms with Crippen LogP contribution in [0.3, 0.4) is 0 Å². The average molecular weight is 447 g/mol. The summed E-state index contributed by atoms with van der Waals surface area (Å²) in [6, 6.07) is 25.8. The van der Waals surface area contributed by atoms with Gasteiger partial charge in [0.05, 0.1) is 0 Å². The van der Waals surface area contributed by atoms with Gasteiger partial charge in [-0.15, -0.1) is 10.2 Å². The predicted octanol–water partition coefficient (Wildman–Crippen LogP) is 4.92. The number of benzene rings is 3. The van der Waals surface area contributed by atoms with Crippen LogP contribution in [-0.4, -0.2) is 39.7 Å². The molecule has 0 saturated carbocycles. The fraction of sp³-hybridized carbons (Fsp3) is 0.160. The van der Waals surface area contributed by atoms with E-state index in [4.69, 9.17) is 0 Å². The molecule has 0 fully saturated rings. The summed E-state index contributed by atoms with van der Waals surface area (Å²) in [5.41, 5.74) is 2.71. The fourth-order valence-electron chi connectivity index (χ4n) is 3.35. The Balaban J connectivity index is 1.77. The first-order chi connectivity index (χ1) is 15.5. The molecular formula is C25H23FN4OS. The molecule has 4 aromatic rings. The van der Waals surface area contributed by atoms with E-state index in [1.165, 1.54) is 23.9 Å². The first-order valence-electron chi connectivity index (χ1n) is 10.2. The van der Waals surface area contributed by atoms with Crippen LogP contribution in [0, 0.1) is 5.82 Å². The van der Waals surface area contributed by atoms with Crippen molar-refractivity contribution in [1.82, 2.24) is 19.7 Å². The molecule has 0 aliphatic carbocycles. The van der Waals surface area contributed by atoms with Crippen LogP contribution in [0.25, 0.3) is 5.69 Å². The largest absolute Gasteiger partial charge is 0.348 e. The molecule has 4 rings (SSSR count). The second-order valence-corrected chi connectivity index (χ2v) is 8.59. The fourth-order valence-corrected chi connectivity index (χ4v) is 4.57. The van der Waals surface area contributed by atoms with Gasteiger partial charge in [0.25, 0.3) is 0 Å². The second-order valence-electron chi connectivity index (χ2n) is 7.51. The quantitative estimate of drug-likeness (QED) is 0.378. The maximum atomic E-state index is 13.6. The van der Waals surface area contributed by atoms with Crippen molar-refractivity contribution in [2.75, 3.05) is 14.1 Å². The van der Waals surface area contributed by atoms with Gasteiger partial charge in [0, 0.05) is 26.2 Å². The van der Waals surface area contributed by atoms with Gasteiger partial charge in [-0.2, -0.15) is 0 Å². The van der Waals surface area contributed by atoms with Crippen LogP contribution in [0.1, 0.15) is 22.2 Å². The summed E-state index contributed by atoms with van der Waals surface area (Å²) in [6.45, 7) is 0. The lowest BCUT2D eigenvalue weighted by Gasteiger charge is -2.20. The number of carbonyl (C=O) groups excluding carboxylic acids is 1. The van der Waals surface area contributed by atoms with Crippen LogP contribution in [0.4, 0.5) is 4.39 Å². The summed E-state index contributed by atoms with van der Waals surface area (Å²) in [5.74, 6) is 0.361. The molecule has 1 aromatic heterocycles. The van der Waals surface area contributed by atoms with E-state index >= 15 is 0 Å². The molecule has 0 saturated heterocycles. The van der Waals surface area contributed by atoms with Crippen LogP contribution in [0.5, 0.6) is 0 Å². The Hall–Kier alpha value is -3.45. The standard InChI is InChI=1S/C25H23FN4OS/c1-29(2)24(31)23(19-11-7-4-8-12-19)32-25-28-27-22(17-18-9-5-3-6-10-18)30(25)21-15-13-20(26)14-16-21/h3-16,23H,17H2,1-2H3. The number of carbonyl (C=O) groups is 1. The number of rotatable bonds is 7. The molecule has 0 spiro atoms. The Labute approximate surface area is 190 Å². The summed E-state index contributed by atoms with van der Waals surface area (Å²) in [6.07, 6.45) is 0.559. The Bertz CT molecular complexity index is 1180. The molecule has 1 heterocycles. The van der Waals surface area contributed by atoms with Crippen molar-refractivity contribution in [2.45, 2.75) is 16.8 Å². The molecule has 1 atom stereocenters. The lowest BCUT2D eigenvalue weighted by Crippen LogP contribution is -2.27. The minimum atomic E-state index is -0.487. The number of nitrogens with zero attached hydrogens (tertiary/aromatic N) is 4. The van der Waals surface area contributed by atoms with E-state index in [9.17, 15) is 9.18 Å². The highest BCUT2D eigenvalue weighted by Crippen LogP contribution is 2.37. The lowest BCUT2D eigenvalue weighted by atomic mass is 10.1. The summed E-state index contributed by atoms with van der Waals surface area (Å²) in [4.78, 5) is 14.6. The van der Waals surface area contributed by atoms with E-state index in [1.54, 1.807) is 31.1 Å². The molecule has 0 N–H and O–H groups in total. The first-order valence-corrected chi connectivity index (χ1v) is 11.1. The number of hydrogen-bond acceptors (Lipinski definition) is 4. The average Bonchev–Trinajstić information content (AvgIpc) is 3.20. The van der Waals surface area contributed by atoms with Crippen LogP contribution >= 0.6 is 11.8 Å². The van der Waals surface area contributed by atoms with Crippen LogP contribution in [0.15, 0.2) is 90.1 Å². The van der Waals surface area contributed by atoms with Gasteiger partial charge in [0.1, 0.15) is 16.9 Å². The van der Waals surface area contributed by atoms with Crippen molar-refractivity contribution in [2.24, 2.45) is 0 Å². The molecule has 3 aromatic carbocycles. The SMILES string of the molecule is CN(C)C(=O)C(Sc1nnc(Cc2ccccc2)n1-c1ccc(F)cc1)c1ccccc1. The Morgan fingerprint density at radius 2 is 1.56 bits per heavy atom. The Kier molecular flexibility index (Phi) is 6.66. The number of amides is 1. The van der Waals surface area contributed by atoms with Crippen molar-refractivity contribution in [3.8, 4) is 5.69 Å². The van der Waals surface area contributed by atoms with Crippen molar-refractivity contribution in [1.29, 1.82) is 0 Å². The number of hydrogen-bond donors (Lipinski definition) is 0. The lowest BCUT2D eigenvalue weighted by molar-refractivity contribution is -0.128. The summed E-state index contributed by atoms with van der Waals surface area (Å²) in [5, 5.41) is 8.95. The van der Waals surface area contributed by atoms with Gasteiger partial charge >= 0.3 is 0 Å². The molecule has 5 nitrogen and oxygen atoms in total. The number of likely N-dealkylation sites (N-methyl/N-ethyl adjacent to an activating group) is 1. The molecule has 0 bridgehead atoms. The molecular weight excluding hydrogens is 423 g/mol. The molecule has 32 heavy (non-hydrogen) atoms. The third-order valence-electron chi connectivity index (χ3n) is 4.98. The van der Waals surface area contributed by atoms with Gasteiger partial charge in [-0.25, -0.2) is 4.39 Å². The summed E-state index contributed by atoms with van der Waals surface area (Å²) >= 11 is 1.34. The van der Waals surface area contributed by atoms with Crippen molar-refractivity contribution < 1.29 is 9.18 Å². The topological polar surface area (TPSA) is 51.0 Å². The zero-order valence-corrected chi connectivity index (χ0v) is 18.7. The highest BCUT2D eigenvalue weighted by Gasteiger charge is 2.27. The van der Waals surface area contributed by atoms with Crippen molar-refractivity contribution in [3.05, 3.63) is 108 Å². The minimum Gasteiger partial charge on any atom is -0.348 e.